The van der Waals surface area contributed by atoms with Crippen molar-refractivity contribution in [3.63, 3.8) is 0 Å². The third-order valence-corrected chi connectivity index (χ3v) is 7.83. The van der Waals surface area contributed by atoms with Crippen LogP contribution in [-0.2, 0) is 0 Å². The van der Waals surface area contributed by atoms with Crippen molar-refractivity contribution >= 4 is 21.5 Å². The number of hydrogen-bond donors (Lipinski definition) is 2. The molecule has 0 aromatic heterocycles. The molecule has 0 bridgehead atoms. The van der Waals surface area contributed by atoms with E-state index < -0.39 is 33.0 Å². The number of fused-ring (bicyclic) bond motifs is 2. The molecule has 2 aromatic carbocycles. The molecule has 2 atom stereocenters. The van der Waals surface area contributed by atoms with Crippen molar-refractivity contribution in [3.05, 3.63) is 79.6 Å². The summed E-state index contributed by atoms with van der Waals surface area (Å²) in [6.07, 6.45) is 1.87. The number of anilines is 1. The van der Waals surface area contributed by atoms with E-state index in [1.54, 1.807) is 30.3 Å². The van der Waals surface area contributed by atoms with E-state index in [-0.39, 0.29) is 11.6 Å². The molecular formula is C24H22IN2O3-. The average molecular weight is 513 g/mol. The first-order valence-corrected chi connectivity index (χ1v) is 11.9. The number of aryl methyl sites for hydroxylation is 1. The van der Waals surface area contributed by atoms with E-state index in [2.05, 4.69) is 0 Å². The van der Waals surface area contributed by atoms with Gasteiger partial charge in [-0.2, -0.15) is 0 Å². The van der Waals surface area contributed by atoms with Crippen LogP contribution in [-0.4, -0.2) is 15.8 Å². The van der Waals surface area contributed by atoms with Crippen LogP contribution in [0.2, 0.25) is 0 Å². The van der Waals surface area contributed by atoms with Crippen LogP contribution in [0.25, 0.3) is 0 Å². The van der Waals surface area contributed by atoms with Crippen molar-refractivity contribution < 1.29 is 35.5 Å². The van der Waals surface area contributed by atoms with Gasteiger partial charge in [0.05, 0.1) is 0 Å². The van der Waals surface area contributed by atoms with Crippen LogP contribution in [0.1, 0.15) is 38.8 Å². The van der Waals surface area contributed by atoms with Crippen LogP contribution in [0.4, 0.5) is 5.69 Å². The molecule has 2 aliphatic rings. The summed E-state index contributed by atoms with van der Waals surface area (Å²) in [6, 6.07) is 10.7. The Kier molecular flexibility index (Phi) is 5.36. The molecular weight excluding hydrogens is 491 g/mol. The fraction of sp³-hybridized carbons (Fsp3) is 0.208. The average Bonchev–Trinajstić information content (AvgIpc) is 2.72. The number of nitrogens with one attached hydrogen (secondary N) is 1. The molecule has 154 valence electrons. The fourth-order valence-electron chi connectivity index (χ4n) is 4.11. The zero-order valence-corrected chi connectivity index (χ0v) is 19.1. The summed E-state index contributed by atoms with van der Waals surface area (Å²) < 4.78 is 8.46. The minimum absolute atomic E-state index is 0.0441. The molecule has 0 aliphatic heterocycles. The van der Waals surface area contributed by atoms with E-state index in [4.69, 9.17) is 15.9 Å². The number of hydrogen-bond acceptors (Lipinski definition) is 5. The minimum atomic E-state index is -0.829. The zero-order chi connectivity index (χ0) is 21.6. The number of nitrogens with two attached hydrogens (primary N) is 1. The monoisotopic (exact) mass is 513 g/mol. The number of nitrogen functional groups attached to an aromatic ring is 1. The quantitative estimate of drug-likeness (QED) is 0.368. The maximum atomic E-state index is 13.4. The van der Waals surface area contributed by atoms with Crippen molar-refractivity contribution in [2.45, 2.75) is 20.8 Å². The molecule has 2 unspecified atom stereocenters. The molecule has 0 saturated carbocycles. The number of benzene rings is 2. The second-order valence-electron chi connectivity index (χ2n) is 7.59. The fourth-order valence-corrected chi connectivity index (χ4v) is 5.97. The van der Waals surface area contributed by atoms with E-state index >= 15 is 0 Å². The molecule has 0 spiro atoms. The topological polar surface area (TPSA) is 93.2 Å². The van der Waals surface area contributed by atoms with Gasteiger partial charge in [-0.05, 0) is 0 Å². The van der Waals surface area contributed by atoms with Crippen molar-refractivity contribution in [1.82, 2.24) is 0 Å². The molecule has 6 heteroatoms. The second-order valence-corrected chi connectivity index (χ2v) is 10.1. The Morgan fingerprint density at radius 1 is 1.03 bits per heavy atom. The van der Waals surface area contributed by atoms with Gasteiger partial charge in [0.25, 0.3) is 0 Å². The van der Waals surface area contributed by atoms with Gasteiger partial charge in [-0.1, -0.05) is 0 Å². The van der Waals surface area contributed by atoms with Gasteiger partial charge < -0.3 is 0 Å². The van der Waals surface area contributed by atoms with Gasteiger partial charge in [0.15, 0.2) is 0 Å². The number of ether oxygens (including phenoxy) is 1. The van der Waals surface area contributed by atoms with E-state index in [9.17, 15) is 9.59 Å². The Balaban J connectivity index is 1.85. The van der Waals surface area contributed by atoms with Crippen LogP contribution in [0.15, 0.2) is 57.4 Å². The van der Waals surface area contributed by atoms with E-state index in [1.807, 2.05) is 32.9 Å². The summed E-state index contributed by atoms with van der Waals surface area (Å²) in [5, 5.41) is 7.65. The first kappa shape index (κ1) is 20.5. The number of rotatable bonds is 4. The van der Waals surface area contributed by atoms with Gasteiger partial charge in [0, 0.05) is 0 Å². The molecule has 0 amide bonds. The van der Waals surface area contributed by atoms with Gasteiger partial charge in [-0.15, -0.1) is 0 Å². The first-order valence-electron chi connectivity index (χ1n) is 9.60. The first-order chi connectivity index (χ1) is 14.3. The molecule has 2 aromatic rings. The van der Waals surface area contributed by atoms with Crippen LogP contribution in [0.5, 0.6) is 5.75 Å². The van der Waals surface area contributed by atoms with Gasteiger partial charge in [-0.3, -0.25) is 0 Å². The molecule has 2 aliphatic carbocycles. The molecule has 30 heavy (non-hydrogen) atoms. The van der Waals surface area contributed by atoms with Crippen LogP contribution < -0.4 is 31.7 Å². The summed E-state index contributed by atoms with van der Waals surface area (Å²) >= 11 is -0.829. The third-order valence-electron chi connectivity index (χ3n) is 5.82. The Labute approximate surface area is 185 Å². The summed E-state index contributed by atoms with van der Waals surface area (Å²) in [4.78, 5) is 26.7. The molecule has 0 fully saturated rings. The molecule has 0 saturated heterocycles. The maximum absolute atomic E-state index is 13.4. The van der Waals surface area contributed by atoms with Crippen molar-refractivity contribution in [2.75, 3.05) is 5.73 Å². The Hall–Kier alpha value is -2.74. The van der Waals surface area contributed by atoms with Gasteiger partial charge in [0.1, 0.15) is 0 Å². The number of halogens is 1. The van der Waals surface area contributed by atoms with E-state index in [0.29, 0.717) is 28.3 Å². The van der Waals surface area contributed by atoms with Crippen LogP contribution >= 0.6 is 0 Å². The standard InChI is InChI=1S/C24H22IN2O3/c1-12-8-15(27)9-19(13(12)2)30-20-10-18(25-11-26)22-21(14(20)3)23(28)16-6-4-5-7-17(16)24(22)29/h4-11,21-22,26H,27H2,1-3H3/q-1. The van der Waals surface area contributed by atoms with E-state index in [1.165, 1.54) is 4.22 Å². The van der Waals surface area contributed by atoms with Crippen LogP contribution in [0.3, 0.4) is 0 Å². The number of carbonyl (C=O) groups excluding carboxylic acids is 2. The second kappa shape index (κ2) is 7.83. The third kappa shape index (κ3) is 3.29. The predicted octanol–water partition coefficient (Wildman–Crippen LogP) is 1.44. The normalized spacial score (nSPS) is 20.6. The summed E-state index contributed by atoms with van der Waals surface area (Å²) in [7, 11) is 0. The van der Waals surface area contributed by atoms with Gasteiger partial charge in [0.2, 0.25) is 0 Å². The molecule has 3 N–H and O–H groups in total. The summed E-state index contributed by atoms with van der Waals surface area (Å²) in [5.74, 6) is -0.0334. The number of ketones is 2. The number of carbonyl (C=O) groups is 2. The zero-order valence-electron chi connectivity index (χ0n) is 17.0. The molecule has 5 nitrogen and oxygen atoms in total. The summed E-state index contributed by atoms with van der Waals surface area (Å²) in [5.41, 5.74) is 10.3. The summed E-state index contributed by atoms with van der Waals surface area (Å²) in [6.45, 7) is 5.79. The van der Waals surface area contributed by atoms with Crippen molar-refractivity contribution in [1.29, 1.82) is 5.41 Å². The molecule has 0 radical (unpaired) electrons. The molecule has 4 rings (SSSR count). The number of Topliss-reactive ketones (excluding diaryl/α,β-unsaturated/α-hetero) is 2. The Morgan fingerprint density at radius 2 is 1.67 bits per heavy atom. The number of allylic oxidation sites excluding steroid dienone is 3. The van der Waals surface area contributed by atoms with Gasteiger partial charge in [-0.25, -0.2) is 0 Å². The van der Waals surface area contributed by atoms with Crippen LogP contribution in [0, 0.1) is 31.1 Å². The Morgan fingerprint density at radius 3 is 2.30 bits per heavy atom. The van der Waals surface area contributed by atoms with Crippen molar-refractivity contribution in [2.24, 2.45) is 11.8 Å². The SMILES string of the molecule is CC1=C(Oc2cc(N)cc(C)c2C)C=C([I-]C=N)C2C(=O)c3ccccc3C(=O)C12. The predicted molar refractivity (Wildman–Crippen MR) is 113 cm³/mol. The van der Waals surface area contributed by atoms with Gasteiger partial charge >= 0.3 is 186 Å². The molecule has 0 heterocycles. The van der Waals surface area contributed by atoms with Crippen molar-refractivity contribution in [3.8, 4) is 5.75 Å². The Bertz CT molecular complexity index is 1160. The van der Waals surface area contributed by atoms with E-state index in [0.717, 1.165) is 20.3 Å².